The SMILES string of the molecule is O=C(Nc1ccccc1-c1nc2ccncc2s1)c1cnccn1. The van der Waals surface area contributed by atoms with Gasteiger partial charge in [0.05, 0.1) is 22.1 Å². The van der Waals surface area contributed by atoms with Gasteiger partial charge in [0, 0.05) is 30.4 Å². The quantitative estimate of drug-likeness (QED) is 0.621. The van der Waals surface area contributed by atoms with Crippen LogP contribution in [0.3, 0.4) is 0 Å². The van der Waals surface area contributed by atoms with Crippen LogP contribution < -0.4 is 5.32 Å². The second-order valence-electron chi connectivity index (χ2n) is 4.95. The Bertz CT molecular complexity index is 983. The van der Waals surface area contributed by atoms with Crippen LogP contribution in [0.4, 0.5) is 5.69 Å². The molecule has 0 aliphatic carbocycles. The van der Waals surface area contributed by atoms with Gasteiger partial charge >= 0.3 is 0 Å². The smallest absolute Gasteiger partial charge is 0.275 e. The Labute approximate surface area is 141 Å². The molecule has 0 bridgehead atoms. The maximum absolute atomic E-state index is 12.3. The predicted octanol–water partition coefficient (Wildman–Crippen LogP) is 3.40. The molecule has 1 amide bonds. The monoisotopic (exact) mass is 333 g/mol. The molecule has 0 aliphatic rings. The fourth-order valence-corrected chi connectivity index (χ4v) is 3.25. The summed E-state index contributed by atoms with van der Waals surface area (Å²) in [5.74, 6) is -0.307. The third kappa shape index (κ3) is 2.72. The maximum atomic E-state index is 12.3. The molecular weight excluding hydrogens is 322 g/mol. The van der Waals surface area contributed by atoms with Gasteiger partial charge in [0.15, 0.2) is 0 Å². The fourth-order valence-electron chi connectivity index (χ4n) is 2.28. The number of pyridine rings is 1. The molecule has 1 aromatic carbocycles. The molecule has 0 aliphatic heterocycles. The number of nitrogens with zero attached hydrogens (tertiary/aromatic N) is 4. The number of benzene rings is 1. The average Bonchev–Trinajstić information content (AvgIpc) is 3.07. The van der Waals surface area contributed by atoms with Gasteiger partial charge in [-0.2, -0.15) is 0 Å². The molecular formula is C17H11N5OS. The van der Waals surface area contributed by atoms with Gasteiger partial charge in [-0.05, 0) is 18.2 Å². The predicted molar refractivity (Wildman–Crippen MR) is 92.8 cm³/mol. The van der Waals surface area contributed by atoms with Gasteiger partial charge in [-0.15, -0.1) is 11.3 Å². The van der Waals surface area contributed by atoms with E-state index in [1.165, 1.54) is 29.9 Å². The lowest BCUT2D eigenvalue weighted by Gasteiger charge is -2.08. The molecule has 0 radical (unpaired) electrons. The topological polar surface area (TPSA) is 80.7 Å². The highest BCUT2D eigenvalue weighted by molar-refractivity contribution is 7.21. The highest BCUT2D eigenvalue weighted by Gasteiger charge is 2.14. The minimum atomic E-state index is -0.307. The molecule has 0 fully saturated rings. The van der Waals surface area contributed by atoms with Crippen molar-refractivity contribution in [2.24, 2.45) is 0 Å². The summed E-state index contributed by atoms with van der Waals surface area (Å²) in [5, 5.41) is 3.71. The first-order valence-electron chi connectivity index (χ1n) is 7.18. The van der Waals surface area contributed by atoms with Gasteiger partial charge in [-0.3, -0.25) is 14.8 Å². The van der Waals surface area contributed by atoms with E-state index >= 15 is 0 Å². The number of nitrogens with one attached hydrogen (secondary N) is 1. The van der Waals surface area contributed by atoms with Gasteiger partial charge in [0.2, 0.25) is 0 Å². The van der Waals surface area contributed by atoms with E-state index in [2.05, 4.69) is 25.3 Å². The molecule has 3 heterocycles. The normalized spacial score (nSPS) is 10.7. The zero-order valence-corrected chi connectivity index (χ0v) is 13.2. The fraction of sp³-hybridized carbons (Fsp3) is 0. The summed E-state index contributed by atoms with van der Waals surface area (Å²) in [5.41, 5.74) is 2.69. The lowest BCUT2D eigenvalue weighted by molar-refractivity contribution is 0.102. The van der Waals surface area contributed by atoms with Crippen molar-refractivity contribution < 1.29 is 4.79 Å². The molecule has 6 nitrogen and oxygen atoms in total. The molecule has 0 saturated carbocycles. The summed E-state index contributed by atoms with van der Waals surface area (Å²) in [6.07, 6.45) is 7.95. The third-order valence-corrected chi connectivity index (χ3v) is 4.43. The molecule has 4 aromatic rings. The van der Waals surface area contributed by atoms with Crippen LogP contribution in [-0.4, -0.2) is 25.8 Å². The molecule has 24 heavy (non-hydrogen) atoms. The molecule has 1 N–H and O–H groups in total. The van der Waals surface area contributed by atoms with E-state index in [1.54, 1.807) is 12.4 Å². The van der Waals surface area contributed by atoms with Crippen LogP contribution in [0.25, 0.3) is 20.8 Å². The molecule has 116 valence electrons. The summed E-state index contributed by atoms with van der Waals surface area (Å²) in [7, 11) is 0. The Balaban J connectivity index is 1.71. The number of thiazole rings is 1. The van der Waals surface area contributed by atoms with Crippen molar-refractivity contribution in [2.75, 3.05) is 5.32 Å². The van der Waals surface area contributed by atoms with Crippen LogP contribution in [0.15, 0.2) is 61.3 Å². The Morgan fingerprint density at radius 1 is 1.00 bits per heavy atom. The van der Waals surface area contributed by atoms with E-state index in [0.717, 1.165) is 20.8 Å². The number of hydrogen-bond donors (Lipinski definition) is 1. The second-order valence-corrected chi connectivity index (χ2v) is 5.98. The van der Waals surface area contributed by atoms with Gasteiger partial charge < -0.3 is 5.32 Å². The van der Waals surface area contributed by atoms with Crippen LogP contribution in [0.1, 0.15) is 10.5 Å². The van der Waals surface area contributed by atoms with Crippen molar-refractivity contribution in [1.29, 1.82) is 0 Å². The standard InChI is InChI=1S/C17H11N5OS/c23-16(14-9-19-7-8-20-14)21-12-4-2-1-3-11(12)17-22-13-5-6-18-10-15(13)24-17/h1-10H,(H,21,23). The van der Waals surface area contributed by atoms with Crippen LogP contribution in [-0.2, 0) is 0 Å². The minimum absolute atomic E-state index is 0.265. The summed E-state index contributed by atoms with van der Waals surface area (Å²) >= 11 is 1.53. The highest BCUT2D eigenvalue weighted by Crippen LogP contribution is 2.34. The number of amides is 1. The average molecular weight is 333 g/mol. The van der Waals surface area contributed by atoms with Crippen LogP contribution in [0, 0.1) is 0 Å². The number of hydrogen-bond acceptors (Lipinski definition) is 6. The van der Waals surface area contributed by atoms with Gasteiger partial charge in [0.1, 0.15) is 10.7 Å². The van der Waals surface area contributed by atoms with E-state index in [-0.39, 0.29) is 11.6 Å². The minimum Gasteiger partial charge on any atom is -0.320 e. The molecule has 7 heteroatoms. The maximum Gasteiger partial charge on any atom is 0.275 e. The van der Waals surface area contributed by atoms with E-state index in [1.807, 2.05) is 30.3 Å². The van der Waals surface area contributed by atoms with E-state index in [9.17, 15) is 4.79 Å². The summed E-state index contributed by atoms with van der Waals surface area (Å²) in [4.78, 5) is 29.0. The van der Waals surface area contributed by atoms with Crippen LogP contribution in [0.5, 0.6) is 0 Å². The number of anilines is 1. The van der Waals surface area contributed by atoms with Gasteiger partial charge in [-0.25, -0.2) is 9.97 Å². The van der Waals surface area contributed by atoms with Crippen LogP contribution in [0.2, 0.25) is 0 Å². The number of aromatic nitrogens is 4. The molecule has 0 atom stereocenters. The number of rotatable bonds is 3. The molecule has 0 spiro atoms. The Kier molecular flexibility index (Phi) is 3.68. The summed E-state index contributed by atoms with van der Waals surface area (Å²) in [6.45, 7) is 0. The third-order valence-electron chi connectivity index (χ3n) is 3.39. The summed E-state index contributed by atoms with van der Waals surface area (Å²) < 4.78 is 1.00. The second kappa shape index (κ2) is 6.13. The molecule has 0 saturated heterocycles. The lowest BCUT2D eigenvalue weighted by atomic mass is 10.2. The zero-order valence-electron chi connectivity index (χ0n) is 12.4. The van der Waals surface area contributed by atoms with E-state index in [0.29, 0.717) is 5.69 Å². The van der Waals surface area contributed by atoms with Gasteiger partial charge in [0.25, 0.3) is 5.91 Å². The van der Waals surface area contributed by atoms with Crippen molar-refractivity contribution in [3.05, 3.63) is 67.0 Å². The molecule has 3 aromatic heterocycles. The first-order valence-corrected chi connectivity index (χ1v) is 8.00. The molecule has 0 unspecified atom stereocenters. The number of carbonyl (C=O) groups excluding carboxylic acids is 1. The highest BCUT2D eigenvalue weighted by atomic mass is 32.1. The van der Waals surface area contributed by atoms with Gasteiger partial charge in [-0.1, -0.05) is 12.1 Å². The van der Waals surface area contributed by atoms with E-state index in [4.69, 9.17) is 0 Å². The van der Waals surface area contributed by atoms with Crippen molar-refractivity contribution in [3.63, 3.8) is 0 Å². The van der Waals surface area contributed by atoms with Crippen LogP contribution >= 0.6 is 11.3 Å². The van der Waals surface area contributed by atoms with Crippen molar-refractivity contribution in [3.8, 4) is 10.6 Å². The first-order chi connectivity index (χ1) is 11.8. The largest absolute Gasteiger partial charge is 0.320 e. The Hall–Kier alpha value is -3.19. The number of para-hydroxylation sites is 1. The van der Waals surface area contributed by atoms with Crippen molar-refractivity contribution in [1.82, 2.24) is 19.9 Å². The van der Waals surface area contributed by atoms with E-state index < -0.39 is 0 Å². The Morgan fingerprint density at radius 2 is 1.88 bits per heavy atom. The Morgan fingerprint density at radius 3 is 2.71 bits per heavy atom. The van der Waals surface area contributed by atoms with Crippen molar-refractivity contribution >= 4 is 33.1 Å². The molecule has 4 rings (SSSR count). The summed E-state index contributed by atoms with van der Waals surface area (Å²) in [6, 6.07) is 9.42. The number of carbonyl (C=O) groups is 1. The zero-order chi connectivity index (χ0) is 16.4. The lowest BCUT2D eigenvalue weighted by Crippen LogP contribution is -2.14. The number of fused-ring (bicyclic) bond motifs is 1. The first kappa shape index (κ1) is 14.4. The van der Waals surface area contributed by atoms with Crippen molar-refractivity contribution in [2.45, 2.75) is 0 Å².